The highest BCUT2D eigenvalue weighted by molar-refractivity contribution is 6.06. The molecule has 2 rings (SSSR count). The molecule has 0 fully saturated rings. The Morgan fingerprint density at radius 1 is 1.20 bits per heavy atom. The van der Waals surface area contributed by atoms with Crippen LogP contribution < -0.4 is 10.1 Å². The van der Waals surface area contributed by atoms with E-state index in [0.717, 1.165) is 24.3 Å². The van der Waals surface area contributed by atoms with Crippen molar-refractivity contribution in [2.24, 2.45) is 0 Å². The quantitative estimate of drug-likeness (QED) is 0.908. The maximum absolute atomic E-state index is 13.5. The van der Waals surface area contributed by atoms with Gasteiger partial charge in [-0.25, -0.2) is 8.78 Å². The van der Waals surface area contributed by atoms with E-state index in [1.165, 1.54) is 19.2 Å². The van der Waals surface area contributed by atoms with Gasteiger partial charge in [0.2, 0.25) is 0 Å². The summed E-state index contributed by atoms with van der Waals surface area (Å²) in [5, 5.41) is 11.9. The Morgan fingerprint density at radius 3 is 2.55 bits per heavy atom. The standard InChI is InChI=1S/C14H11F2NO3/c1-20-13-5-3-9(7-11(13)16)17-14(19)10-4-2-8(15)6-12(10)18/h2-7,18H,1H3,(H,17,19). The summed E-state index contributed by atoms with van der Waals surface area (Å²) in [6, 6.07) is 6.89. The third-order valence-electron chi connectivity index (χ3n) is 2.61. The lowest BCUT2D eigenvalue weighted by Gasteiger charge is -2.08. The minimum Gasteiger partial charge on any atom is -0.507 e. The second-order valence-corrected chi connectivity index (χ2v) is 3.96. The van der Waals surface area contributed by atoms with E-state index in [1.54, 1.807) is 0 Å². The molecule has 0 atom stereocenters. The molecule has 2 aromatic rings. The van der Waals surface area contributed by atoms with Crippen LogP contribution in [0.5, 0.6) is 11.5 Å². The molecule has 0 aromatic heterocycles. The molecule has 104 valence electrons. The lowest BCUT2D eigenvalue weighted by molar-refractivity contribution is 0.102. The summed E-state index contributed by atoms with van der Waals surface area (Å²) in [5.41, 5.74) is 0.0830. The second-order valence-electron chi connectivity index (χ2n) is 3.96. The Balaban J connectivity index is 2.21. The molecule has 0 bridgehead atoms. The van der Waals surface area contributed by atoms with E-state index in [2.05, 4.69) is 5.32 Å². The first kappa shape index (κ1) is 13.8. The van der Waals surface area contributed by atoms with Gasteiger partial charge in [0.15, 0.2) is 11.6 Å². The molecule has 6 heteroatoms. The number of phenols is 1. The number of nitrogens with one attached hydrogen (secondary N) is 1. The third-order valence-corrected chi connectivity index (χ3v) is 2.61. The average Bonchev–Trinajstić information content (AvgIpc) is 2.38. The maximum Gasteiger partial charge on any atom is 0.259 e. The van der Waals surface area contributed by atoms with Crippen LogP contribution in [-0.2, 0) is 0 Å². The van der Waals surface area contributed by atoms with Crippen LogP contribution in [0.2, 0.25) is 0 Å². The number of benzene rings is 2. The fourth-order valence-corrected chi connectivity index (χ4v) is 1.64. The van der Waals surface area contributed by atoms with Crippen LogP contribution in [0.3, 0.4) is 0 Å². The van der Waals surface area contributed by atoms with Crippen LogP contribution in [0.4, 0.5) is 14.5 Å². The van der Waals surface area contributed by atoms with E-state index >= 15 is 0 Å². The zero-order chi connectivity index (χ0) is 14.7. The topological polar surface area (TPSA) is 58.6 Å². The smallest absolute Gasteiger partial charge is 0.259 e. The molecule has 0 saturated heterocycles. The molecule has 4 nitrogen and oxygen atoms in total. The van der Waals surface area contributed by atoms with Gasteiger partial charge in [-0.2, -0.15) is 0 Å². The van der Waals surface area contributed by atoms with Crippen LogP contribution in [0.1, 0.15) is 10.4 Å². The molecular formula is C14H11F2NO3. The number of methoxy groups -OCH3 is 1. The number of phenolic OH excluding ortho intramolecular Hbond substituents is 1. The van der Waals surface area contributed by atoms with Gasteiger partial charge in [-0.05, 0) is 24.3 Å². The largest absolute Gasteiger partial charge is 0.507 e. The highest BCUT2D eigenvalue weighted by Crippen LogP contribution is 2.23. The molecule has 0 unspecified atom stereocenters. The van der Waals surface area contributed by atoms with Gasteiger partial charge in [0.05, 0.1) is 12.7 Å². The minimum atomic E-state index is -0.674. The van der Waals surface area contributed by atoms with Crippen molar-refractivity contribution in [2.75, 3.05) is 12.4 Å². The number of amides is 1. The van der Waals surface area contributed by atoms with Crippen molar-refractivity contribution in [3.05, 3.63) is 53.6 Å². The third kappa shape index (κ3) is 2.85. The number of hydrogen-bond acceptors (Lipinski definition) is 3. The molecule has 0 saturated carbocycles. The van der Waals surface area contributed by atoms with Crippen molar-refractivity contribution >= 4 is 11.6 Å². The number of aromatic hydroxyl groups is 1. The number of carbonyl (C=O) groups excluding carboxylic acids is 1. The molecule has 0 spiro atoms. The summed E-state index contributed by atoms with van der Waals surface area (Å²) in [7, 11) is 1.33. The highest BCUT2D eigenvalue weighted by Gasteiger charge is 2.13. The molecule has 0 radical (unpaired) electrons. The lowest BCUT2D eigenvalue weighted by atomic mass is 10.1. The van der Waals surface area contributed by atoms with Crippen molar-refractivity contribution < 1.29 is 23.4 Å². The molecule has 0 aliphatic rings. The number of halogens is 2. The van der Waals surface area contributed by atoms with Gasteiger partial charge < -0.3 is 15.2 Å². The van der Waals surface area contributed by atoms with Gasteiger partial charge in [-0.15, -0.1) is 0 Å². The van der Waals surface area contributed by atoms with Gasteiger partial charge in [0, 0.05) is 17.8 Å². The van der Waals surface area contributed by atoms with Crippen molar-refractivity contribution in [1.82, 2.24) is 0 Å². The van der Waals surface area contributed by atoms with E-state index in [-0.39, 0.29) is 17.0 Å². The Hall–Kier alpha value is -2.63. The van der Waals surface area contributed by atoms with E-state index in [9.17, 15) is 18.7 Å². The zero-order valence-corrected chi connectivity index (χ0v) is 10.5. The number of anilines is 1. The molecule has 0 heterocycles. The minimum absolute atomic E-state index is 0.0487. The summed E-state index contributed by atoms with van der Waals surface area (Å²) in [6.45, 7) is 0. The molecule has 2 N–H and O–H groups in total. The summed E-state index contributed by atoms with van der Waals surface area (Å²) in [6.07, 6.45) is 0. The van der Waals surface area contributed by atoms with E-state index < -0.39 is 23.3 Å². The number of ether oxygens (including phenoxy) is 1. The van der Waals surface area contributed by atoms with Gasteiger partial charge in [0.25, 0.3) is 5.91 Å². The van der Waals surface area contributed by atoms with Gasteiger partial charge >= 0.3 is 0 Å². The predicted octanol–water partition coefficient (Wildman–Crippen LogP) is 2.93. The molecule has 1 amide bonds. The second kappa shape index (κ2) is 5.56. The molecular weight excluding hydrogens is 268 g/mol. The first-order valence-electron chi connectivity index (χ1n) is 5.64. The zero-order valence-electron chi connectivity index (χ0n) is 10.5. The summed E-state index contributed by atoms with van der Waals surface area (Å²) in [5.74, 6) is -2.40. The number of carbonyl (C=O) groups is 1. The van der Waals surface area contributed by atoms with Crippen molar-refractivity contribution in [1.29, 1.82) is 0 Å². The van der Waals surface area contributed by atoms with Crippen molar-refractivity contribution in [3.8, 4) is 11.5 Å². The van der Waals surface area contributed by atoms with Crippen LogP contribution in [0.15, 0.2) is 36.4 Å². The summed E-state index contributed by atoms with van der Waals surface area (Å²) in [4.78, 5) is 11.9. The molecule has 0 aliphatic carbocycles. The Labute approximate surface area is 113 Å². The Kier molecular flexibility index (Phi) is 3.84. The van der Waals surface area contributed by atoms with Crippen molar-refractivity contribution in [3.63, 3.8) is 0 Å². The van der Waals surface area contributed by atoms with E-state index in [1.807, 2.05) is 0 Å². The van der Waals surface area contributed by atoms with Crippen LogP contribution >= 0.6 is 0 Å². The van der Waals surface area contributed by atoms with E-state index in [4.69, 9.17) is 4.74 Å². The molecule has 20 heavy (non-hydrogen) atoms. The van der Waals surface area contributed by atoms with E-state index in [0.29, 0.717) is 0 Å². The normalized spacial score (nSPS) is 10.2. The molecule has 0 aliphatic heterocycles. The first-order valence-corrected chi connectivity index (χ1v) is 5.64. The monoisotopic (exact) mass is 279 g/mol. The van der Waals surface area contributed by atoms with Crippen LogP contribution in [-0.4, -0.2) is 18.1 Å². The fraction of sp³-hybridized carbons (Fsp3) is 0.0714. The first-order chi connectivity index (χ1) is 9.51. The van der Waals surface area contributed by atoms with Crippen molar-refractivity contribution in [2.45, 2.75) is 0 Å². The van der Waals surface area contributed by atoms with Gasteiger partial charge in [0.1, 0.15) is 11.6 Å². The number of hydrogen-bond donors (Lipinski definition) is 2. The Morgan fingerprint density at radius 2 is 1.95 bits per heavy atom. The summed E-state index contributed by atoms with van der Waals surface area (Å²) >= 11 is 0. The number of rotatable bonds is 3. The fourth-order valence-electron chi connectivity index (χ4n) is 1.64. The Bertz CT molecular complexity index is 659. The maximum atomic E-state index is 13.5. The average molecular weight is 279 g/mol. The lowest BCUT2D eigenvalue weighted by Crippen LogP contribution is -2.12. The van der Waals surface area contributed by atoms with Crippen LogP contribution in [0, 0.1) is 11.6 Å². The predicted molar refractivity (Wildman–Crippen MR) is 69.0 cm³/mol. The van der Waals surface area contributed by atoms with Gasteiger partial charge in [-0.1, -0.05) is 0 Å². The summed E-state index contributed by atoms with van der Waals surface area (Å²) < 4.78 is 31.0. The highest BCUT2D eigenvalue weighted by atomic mass is 19.1. The molecule has 2 aromatic carbocycles. The van der Waals surface area contributed by atoms with Gasteiger partial charge in [-0.3, -0.25) is 4.79 Å². The van der Waals surface area contributed by atoms with Crippen LogP contribution in [0.25, 0.3) is 0 Å². The SMILES string of the molecule is COc1ccc(NC(=O)c2ccc(F)cc2O)cc1F.